The lowest BCUT2D eigenvalue weighted by Gasteiger charge is -2.12. The molecular formula is C22H13. The second-order valence-corrected chi connectivity index (χ2v) is 5.71. The van der Waals surface area contributed by atoms with Gasteiger partial charge in [-0.2, -0.15) is 0 Å². The van der Waals surface area contributed by atoms with Crippen LogP contribution in [0, 0.1) is 6.07 Å². The molecule has 5 aromatic carbocycles. The first-order valence-electron chi connectivity index (χ1n) is 7.56. The van der Waals surface area contributed by atoms with Gasteiger partial charge in [-0.15, -0.1) is 0 Å². The lowest BCUT2D eigenvalue weighted by Crippen LogP contribution is -1.84. The molecule has 0 heterocycles. The van der Waals surface area contributed by atoms with Crippen LogP contribution in [0.25, 0.3) is 43.1 Å². The molecule has 0 amide bonds. The zero-order chi connectivity index (χ0) is 14.5. The Kier molecular flexibility index (Phi) is 2.31. The Morgan fingerprint density at radius 3 is 2.00 bits per heavy atom. The van der Waals surface area contributed by atoms with E-state index in [1.54, 1.807) is 0 Å². The highest BCUT2D eigenvalue weighted by Crippen LogP contribution is 2.38. The molecule has 0 aliphatic rings. The van der Waals surface area contributed by atoms with E-state index in [9.17, 15) is 0 Å². The van der Waals surface area contributed by atoms with E-state index in [4.69, 9.17) is 0 Å². The molecule has 0 aliphatic carbocycles. The smallest absolute Gasteiger partial charge is 0.00201 e. The van der Waals surface area contributed by atoms with Crippen LogP contribution < -0.4 is 0 Å². The summed E-state index contributed by atoms with van der Waals surface area (Å²) in [5.74, 6) is 0. The van der Waals surface area contributed by atoms with Crippen molar-refractivity contribution in [3.63, 3.8) is 0 Å². The van der Waals surface area contributed by atoms with Crippen LogP contribution in [0.2, 0.25) is 0 Å². The Labute approximate surface area is 128 Å². The predicted molar refractivity (Wildman–Crippen MR) is 95.3 cm³/mol. The van der Waals surface area contributed by atoms with E-state index in [0.29, 0.717) is 0 Å². The van der Waals surface area contributed by atoms with Gasteiger partial charge in [0.1, 0.15) is 0 Å². The summed E-state index contributed by atoms with van der Waals surface area (Å²) in [6.07, 6.45) is 0. The van der Waals surface area contributed by atoms with E-state index in [-0.39, 0.29) is 0 Å². The van der Waals surface area contributed by atoms with Crippen LogP contribution in [0.15, 0.2) is 78.9 Å². The maximum absolute atomic E-state index is 3.43. The van der Waals surface area contributed by atoms with E-state index in [1.807, 2.05) is 6.07 Å². The fraction of sp³-hybridized carbons (Fsp3) is 0. The molecule has 0 aromatic heterocycles. The van der Waals surface area contributed by atoms with Crippen molar-refractivity contribution in [2.75, 3.05) is 0 Å². The highest BCUT2D eigenvalue weighted by Gasteiger charge is 2.10. The lowest BCUT2D eigenvalue weighted by atomic mass is 9.91. The lowest BCUT2D eigenvalue weighted by molar-refractivity contribution is 1.77. The molecule has 5 rings (SSSR count). The maximum Gasteiger partial charge on any atom is -0.00201 e. The van der Waals surface area contributed by atoms with Crippen LogP contribution in [0.5, 0.6) is 0 Å². The van der Waals surface area contributed by atoms with Gasteiger partial charge in [-0.05, 0) is 49.2 Å². The molecule has 0 atom stereocenters. The molecule has 0 heteroatoms. The molecule has 0 nitrogen and oxygen atoms in total. The molecular weight excluding hydrogens is 264 g/mol. The first kappa shape index (κ1) is 11.8. The monoisotopic (exact) mass is 277 g/mol. The number of fused-ring (bicyclic) bond motifs is 8. The Hall–Kier alpha value is -2.86. The minimum absolute atomic E-state index is 1.21. The molecule has 0 bridgehead atoms. The van der Waals surface area contributed by atoms with E-state index < -0.39 is 0 Å². The summed E-state index contributed by atoms with van der Waals surface area (Å²) >= 11 is 0. The highest BCUT2D eigenvalue weighted by molar-refractivity contribution is 6.31. The summed E-state index contributed by atoms with van der Waals surface area (Å²) in [6, 6.07) is 31.5. The van der Waals surface area contributed by atoms with Gasteiger partial charge in [0.05, 0.1) is 0 Å². The molecule has 0 saturated heterocycles. The summed E-state index contributed by atoms with van der Waals surface area (Å²) in [7, 11) is 0. The van der Waals surface area contributed by atoms with Crippen molar-refractivity contribution >= 4 is 43.1 Å². The quantitative estimate of drug-likeness (QED) is 0.300. The standard InChI is InChI=1S/C22H13/c1-2-8-16-15(7-1)13-14-21-19-11-4-3-9-17(19)18-10-5-6-12-20(18)22(16)21/h1-8,10-14H. The van der Waals surface area contributed by atoms with Crippen molar-refractivity contribution in [3.05, 3.63) is 84.9 Å². The molecule has 0 spiro atoms. The van der Waals surface area contributed by atoms with Crippen molar-refractivity contribution in [1.82, 2.24) is 0 Å². The van der Waals surface area contributed by atoms with Crippen molar-refractivity contribution < 1.29 is 0 Å². The molecule has 0 fully saturated rings. The minimum atomic E-state index is 1.21. The molecule has 0 saturated carbocycles. The molecule has 101 valence electrons. The summed E-state index contributed by atoms with van der Waals surface area (Å²) in [5.41, 5.74) is 0. The van der Waals surface area contributed by atoms with Crippen LogP contribution in [0.4, 0.5) is 0 Å². The van der Waals surface area contributed by atoms with E-state index >= 15 is 0 Å². The first-order chi connectivity index (χ1) is 10.9. The van der Waals surface area contributed by atoms with Crippen LogP contribution in [0.1, 0.15) is 0 Å². The first-order valence-corrected chi connectivity index (χ1v) is 7.56. The zero-order valence-corrected chi connectivity index (χ0v) is 12.0. The molecule has 0 unspecified atom stereocenters. The van der Waals surface area contributed by atoms with Crippen molar-refractivity contribution in [2.45, 2.75) is 0 Å². The minimum Gasteiger partial charge on any atom is -0.0616 e. The van der Waals surface area contributed by atoms with Gasteiger partial charge in [0.15, 0.2) is 0 Å². The molecule has 5 aromatic rings. The Balaban J connectivity index is 2.24. The SMILES string of the molecule is [c]1cccc2c1c1ccccc1c1c3ccccc3ccc21. The third-order valence-electron chi connectivity index (χ3n) is 4.54. The van der Waals surface area contributed by atoms with Crippen LogP contribution in [-0.2, 0) is 0 Å². The fourth-order valence-corrected chi connectivity index (χ4v) is 3.59. The van der Waals surface area contributed by atoms with Crippen LogP contribution >= 0.6 is 0 Å². The predicted octanol–water partition coefficient (Wildman–Crippen LogP) is 6.10. The number of rotatable bonds is 0. The number of hydrogen-bond donors (Lipinski definition) is 0. The Morgan fingerprint density at radius 2 is 1.14 bits per heavy atom. The third kappa shape index (κ3) is 1.47. The number of benzene rings is 5. The average Bonchev–Trinajstić information content (AvgIpc) is 2.61. The summed E-state index contributed by atoms with van der Waals surface area (Å²) in [4.78, 5) is 0. The molecule has 22 heavy (non-hydrogen) atoms. The second-order valence-electron chi connectivity index (χ2n) is 5.71. The van der Waals surface area contributed by atoms with E-state index in [0.717, 1.165) is 0 Å². The maximum atomic E-state index is 3.43. The van der Waals surface area contributed by atoms with Gasteiger partial charge in [-0.1, -0.05) is 78.9 Å². The van der Waals surface area contributed by atoms with Gasteiger partial charge in [-0.25, -0.2) is 0 Å². The average molecular weight is 277 g/mol. The van der Waals surface area contributed by atoms with Gasteiger partial charge >= 0.3 is 0 Å². The highest BCUT2D eigenvalue weighted by atomic mass is 14.1. The largest absolute Gasteiger partial charge is 0.0616 e. The van der Waals surface area contributed by atoms with Crippen molar-refractivity contribution in [1.29, 1.82) is 0 Å². The van der Waals surface area contributed by atoms with Crippen molar-refractivity contribution in [2.24, 2.45) is 0 Å². The molecule has 1 radical (unpaired) electrons. The van der Waals surface area contributed by atoms with Gasteiger partial charge < -0.3 is 0 Å². The molecule has 0 aliphatic heterocycles. The number of hydrogen-bond acceptors (Lipinski definition) is 0. The Bertz CT molecular complexity index is 1120. The Morgan fingerprint density at radius 1 is 0.500 bits per heavy atom. The molecule has 0 N–H and O–H groups in total. The summed E-state index contributed by atoms with van der Waals surface area (Å²) in [6.45, 7) is 0. The van der Waals surface area contributed by atoms with Gasteiger partial charge in [-0.3, -0.25) is 0 Å². The normalized spacial score (nSPS) is 11.6. The van der Waals surface area contributed by atoms with Gasteiger partial charge in [0.25, 0.3) is 0 Å². The zero-order valence-electron chi connectivity index (χ0n) is 12.0. The third-order valence-corrected chi connectivity index (χ3v) is 4.54. The topological polar surface area (TPSA) is 0 Å². The van der Waals surface area contributed by atoms with E-state index in [2.05, 4.69) is 78.9 Å². The van der Waals surface area contributed by atoms with Crippen LogP contribution in [0.3, 0.4) is 0 Å². The second kappa shape index (κ2) is 4.32. The summed E-state index contributed by atoms with van der Waals surface area (Å²) < 4.78 is 0. The van der Waals surface area contributed by atoms with Crippen LogP contribution in [-0.4, -0.2) is 0 Å². The summed E-state index contributed by atoms with van der Waals surface area (Å²) in [5, 5.41) is 10.3. The van der Waals surface area contributed by atoms with E-state index in [1.165, 1.54) is 43.1 Å². The van der Waals surface area contributed by atoms with Crippen molar-refractivity contribution in [3.8, 4) is 0 Å². The van der Waals surface area contributed by atoms with Gasteiger partial charge in [0.2, 0.25) is 0 Å². The fourth-order valence-electron chi connectivity index (χ4n) is 3.59. The van der Waals surface area contributed by atoms with Gasteiger partial charge in [0, 0.05) is 0 Å².